The van der Waals surface area contributed by atoms with Crippen LogP contribution in [-0.2, 0) is 76.6 Å². The molecule has 2 saturated carbocycles. The zero-order valence-electron chi connectivity index (χ0n) is 62.0. The molecule has 24 nitrogen and oxygen atoms in total. The number of hydrogen-bond acceptors (Lipinski definition) is 12. The van der Waals surface area contributed by atoms with Crippen molar-refractivity contribution < 1.29 is 79.5 Å². The third-order valence-electron chi connectivity index (χ3n) is 21.0. The Labute approximate surface area is 596 Å². The van der Waals surface area contributed by atoms with Crippen molar-refractivity contribution in [3.63, 3.8) is 0 Å². The molecule has 12 amide bonds. The smallest absolute Gasteiger partial charge is 0.347 e. The van der Waals surface area contributed by atoms with E-state index in [9.17, 15) is 46.7 Å². The van der Waals surface area contributed by atoms with Crippen molar-refractivity contribution in [3.8, 4) is 0 Å². The van der Waals surface area contributed by atoms with Crippen molar-refractivity contribution >= 4 is 70.9 Å². The maximum atomic E-state index is 15.5. The number of alkyl halides is 3. The number of fused-ring (bicyclic) bond motifs is 1. The lowest BCUT2D eigenvalue weighted by molar-refractivity contribution is -0.161. The third kappa shape index (κ3) is 19.7. The molecule has 6 rings (SSSR count). The van der Waals surface area contributed by atoms with Gasteiger partial charge in [-0.05, 0) is 120 Å². The molecule has 4 aliphatic rings. The van der Waals surface area contributed by atoms with E-state index in [-0.39, 0.29) is 69.6 Å². The van der Waals surface area contributed by atoms with Crippen molar-refractivity contribution in [2.45, 2.75) is 218 Å². The van der Waals surface area contributed by atoms with Gasteiger partial charge in [0.15, 0.2) is 0 Å². The van der Waals surface area contributed by atoms with Gasteiger partial charge in [0.1, 0.15) is 71.1 Å². The number of halogens is 5. The van der Waals surface area contributed by atoms with Gasteiger partial charge < -0.3 is 60.0 Å². The van der Waals surface area contributed by atoms with Gasteiger partial charge >= 0.3 is 6.18 Å². The number of carbonyl (C=O) groups is 12. The molecule has 2 aromatic carbocycles. The Morgan fingerprint density at radius 3 is 1.83 bits per heavy atom. The largest absolute Gasteiger partial charge is 0.422 e. The second-order valence-electron chi connectivity index (χ2n) is 29.0. The van der Waals surface area contributed by atoms with Crippen molar-refractivity contribution in [3.05, 3.63) is 70.3 Å². The quantitative estimate of drug-likeness (QED) is 0.199. The van der Waals surface area contributed by atoms with Crippen molar-refractivity contribution in [1.29, 1.82) is 0 Å². The number of likely N-dealkylation sites (N-methyl/N-ethyl adjacent to an activating group) is 7. The summed E-state index contributed by atoms with van der Waals surface area (Å²) in [5, 5.41) is 8.41. The summed E-state index contributed by atoms with van der Waals surface area (Å²) in [6.07, 6.45) is -2.80. The molecule has 2 heterocycles. The van der Waals surface area contributed by atoms with E-state index in [0.29, 0.717) is 62.6 Å². The first-order chi connectivity index (χ1) is 47.8. The first-order valence-corrected chi connectivity index (χ1v) is 35.8. The Balaban J connectivity index is 1.47. The zero-order chi connectivity index (χ0) is 76.2. The molecule has 566 valence electrons. The molecule has 3 N–H and O–H groups in total. The summed E-state index contributed by atoms with van der Waals surface area (Å²) in [5.41, 5.74) is -2.61. The van der Waals surface area contributed by atoms with Crippen LogP contribution >= 0.6 is 0 Å². The van der Waals surface area contributed by atoms with Gasteiger partial charge in [-0.25, -0.2) is 8.78 Å². The minimum Gasteiger partial charge on any atom is -0.347 e. The highest BCUT2D eigenvalue weighted by Gasteiger charge is 2.51. The minimum absolute atomic E-state index is 0.0798. The molecule has 0 bridgehead atoms. The molecule has 0 unspecified atom stereocenters. The first kappa shape index (κ1) is 82.7. The average molecular weight is 1440 g/mol. The highest BCUT2D eigenvalue weighted by molar-refractivity contribution is 6.01. The van der Waals surface area contributed by atoms with Gasteiger partial charge in [0.05, 0.1) is 19.5 Å². The summed E-state index contributed by atoms with van der Waals surface area (Å²) >= 11 is 0. The van der Waals surface area contributed by atoms with Gasteiger partial charge in [-0.15, -0.1) is 0 Å². The predicted molar refractivity (Wildman–Crippen MR) is 370 cm³/mol. The van der Waals surface area contributed by atoms with E-state index in [2.05, 4.69) is 16.0 Å². The fourth-order valence-electron chi connectivity index (χ4n) is 14.5. The molecule has 4 fully saturated rings. The number of carbonyl (C=O) groups excluding carboxylic acids is 12. The van der Waals surface area contributed by atoms with Crippen LogP contribution in [0.2, 0.25) is 0 Å². The van der Waals surface area contributed by atoms with Crippen LogP contribution < -0.4 is 16.0 Å². The molecule has 2 saturated heterocycles. The second-order valence-corrected chi connectivity index (χ2v) is 29.0. The van der Waals surface area contributed by atoms with Crippen LogP contribution in [0, 0.1) is 36.3 Å². The van der Waals surface area contributed by atoms with Gasteiger partial charge in [-0.1, -0.05) is 96.6 Å². The normalized spacial score (nSPS) is 25.1. The Hall–Kier alpha value is -8.27. The third-order valence-corrected chi connectivity index (χ3v) is 21.0. The molecular formula is C73H107F5N12O12. The van der Waals surface area contributed by atoms with E-state index in [4.69, 9.17) is 0 Å². The molecule has 0 radical (unpaired) electrons. The summed E-state index contributed by atoms with van der Waals surface area (Å²) in [6.45, 7) is 12.2. The summed E-state index contributed by atoms with van der Waals surface area (Å²) < 4.78 is 71.5. The highest BCUT2D eigenvalue weighted by atomic mass is 19.4. The Kier molecular flexibility index (Phi) is 29.0. The number of nitrogens with zero attached hydrogens (tertiary/aromatic N) is 9. The fraction of sp³-hybridized carbons (Fsp3) is 0.671. The van der Waals surface area contributed by atoms with Crippen LogP contribution in [0.25, 0.3) is 0 Å². The zero-order valence-corrected chi connectivity index (χ0v) is 62.0. The summed E-state index contributed by atoms with van der Waals surface area (Å²) in [4.78, 5) is 190. The first-order valence-electron chi connectivity index (χ1n) is 35.8. The van der Waals surface area contributed by atoms with Crippen molar-refractivity contribution in [2.24, 2.45) is 17.8 Å². The van der Waals surface area contributed by atoms with Crippen LogP contribution in [-0.4, -0.2) is 251 Å². The molecule has 2 aliphatic carbocycles. The lowest BCUT2D eigenvalue weighted by Crippen LogP contribution is -2.65. The maximum Gasteiger partial charge on any atom is 0.422 e. The molecule has 102 heavy (non-hydrogen) atoms. The Morgan fingerprint density at radius 2 is 1.30 bits per heavy atom. The predicted octanol–water partition coefficient (Wildman–Crippen LogP) is 5.48. The number of rotatable bonds is 14. The fourth-order valence-corrected chi connectivity index (χ4v) is 14.5. The standard InChI is InChI=1S/C73H107F5N12O12/c1-16-34-88-42-58(92)81-72(32-21-22-33-72)71(102)87(15)62(49-23-19-20-24-49)70(101)86(14)55(66(97)82(9)10)40-59(93)85(13)54(36-43(4)5)63(94)80-61(45(7)17-2)69(100)84(12)46(8)64(95)90-35-31-53(90)68(99)89(18-3)56(39-47-27-25-44(6)26-28-47)67(98)83(11)41-57(91)79-52(65(88)96)30-29-48-37-50(74)60(51(75)38-48)73(76,77)78/h25-28,37-38,43,45-46,49,52-56,61-62H,16-24,29-36,39-42H2,1-15H3,(H,79,91)(H,80,94)(H,81,92)/t45-,46-,52-,53-,54-,55-,56-,61-,62-/m0/s1. The number of nitrogens with one attached hydrogen (secondary N) is 3. The van der Waals surface area contributed by atoms with E-state index in [1.54, 1.807) is 45.0 Å². The van der Waals surface area contributed by atoms with Crippen molar-refractivity contribution in [1.82, 2.24) is 60.0 Å². The molecule has 0 aromatic heterocycles. The van der Waals surface area contributed by atoms with Gasteiger partial charge in [-0.3, -0.25) is 57.5 Å². The summed E-state index contributed by atoms with van der Waals surface area (Å²) in [7, 11) is 9.79. The molecular weight excluding hydrogens is 1330 g/mol. The molecule has 9 atom stereocenters. The van der Waals surface area contributed by atoms with Gasteiger partial charge in [0, 0.05) is 75.4 Å². The van der Waals surface area contributed by atoms with Crippen LogP contribution in [0.1, 0.15) is 161 Å². The lowest BCUT2D eigenvalue weighted by atomic mass is 9.90. The highest BCUT2D eigenvalue weighted by Crippen LogP contribution is 2.38. The minimum atomic E-state index is -5.40. The SMILES string of the molecule is CCCN1CC(=O)NC2(CCCC2)C(=O)N(C)[C@@H](C2CCCC2)C(=O)N(C)[C@H](C(=O)N(C)C)CC(=O)N(C)[C@@H](CC(C)C)C(=O)N[C@@H]([C@@H](C)CC)C(=O)N(C)[C@@H](C)C(=O)N2CC[C@H]2C(=O)N(CC)[C@@H](Cc2ccc(C)cc2)C(=O)N(C)CC(=O)N[C@@H](CCc2cc(F)c(C(F)(F)F)c(F)c2)C1=O. The van der Waals surface area contributed by atoms with Crippen LogP contribution in [0.3, 0.4) is 0 Å². The molecule has 2 aromatic rings. The number of amides is 12. The number of benzene rings is 2. The molecule has 2 aliphatic heterocycles. The van der Waals surface area contributed by atoms with E-state index in [0.717, 1.165) is 20.3 Å². The summed E-state index contributed by atoms with van der Waals surface area (Å²) in [5.74, 6) is -13.8. The average Bonchev–Trinajstić information content (AvgIpc) is 1.28. The van der Waals surface area contributed by atoms with E-state index in [1.807, 2.05) is 27.7 Å². The lowest BCUT2D eigenvalue weighted by Gasteiger charge is -2.45. The van der Waals surface area contributed by atoms with Gasteiger partial charge in [0.2, 0.25) is 70.9 Å². The number of aryl methyl sites for hydroxylation is 2. The number of hydrogen-bond donors (Lipinski definition) is 3. The Morgan fingerprint density at radius 1 is 0.696 bits per heavy atom. The van der Waals surface area contributed by atoms with Crippen molar-refractivity contribution in [2.75, 3.05) is 82.1 Å². The van der Waals surface area contributed by atoms with E-state index in [1.165, 1.54) is 85.7 Å². The second kappa shape index (κ2) is 35.8. The molecule has 1 spiro atoms. The summed E-state index contributed by atoms with van der Waals surface area (Å²) in [6, 6.07) is -2.49. The molecule has 29 heteroatoms. The maximum absolute atomic E-state index is 15.5. The Bertz CT molecular complexity index is 3360. The van der Waals surface area contributed by atoms with Crippen LogP contribution in [0.5, 0.6) is 0 Å². The van der Waals surface area contributed by atoms with Crippen LogP contribution in [0.4, 0.5) is 22.0 Å². The topological polar surface area (TPSA) is 270 Å². The van der Waals surface area contributed by atoms with Gasteiger partial charge in [-0.2, -0.15) is 13.2 Å². The van der Waals surface area contributed by atoms with E-state index < -0.39 is 192 Å². The van der Waals surface area contributed by atoms with Crippen LogP contribution in [0.15, 0.2) is 36.4 Å². The monoisotopic (exact) mass is 1440 g/mol. The van der Waals surface area contributed by atoms with E-state index >= 15 is 32.8 Å². The van der Waals surface area contributed by atoms with Gasteiger partial charge in [0.25, 0.3) is 0 Å².